The number of rotatable bonds is 9. The van der Waals surface area contributed by atoms with E-state index in [4.69, 9.17) is 18.9 Å². The summed E-state index contributed by atoms with van der Waals surface area (Å²) in [5.74, 6) is 1.88. The quantitative estimate of drug-likeness (QED) is 0.517. The van der Waals surface area contributed by atoms with Crippen LogP contribution in [0.15, 0.2) is 42.0 Å². The molecule has 7 heteroatoms. The molecule has 0 bridgehead atoms. The predicted molar refractivity (Wildman–Crippen MR) is 109 cm³/mol. The molecule has 1 amide bonds. The average Bonchev–Trinajstić information content (AvgIpc) is 2.76. The largest absolute Gasteiger partial charge is 0.497 e. The van der Waals surface area contributed by atoms with Crippen LogP contribution in [0.1, 0.15) is 18.1 Å². The van der Waals surface area contributed by atoms with Crippen LogP contribution in [0.2, 0.25) is 0 Å². The number of methoxy groups -OCH3 is 3. The first-order valence-electron chi connectivity index (χ1n) is 8.98. The number of hydrogen-bond acceptors (Lipinski definition) is 6. The van der Waals surface area contributed by atoms with Crippen LogP contribution in [0.3, 0.4) is 0 Å². The fourth-order valence-electron chi connectivity index (χ4n) is 2.63. The van der Waals surface area contributed by atoms with Crippen LogP contribution in [0.25, 0.3) is 6.08 Å². The van der Waals surface area contributed by atoms with Crippen LogP contribution in [-0.4, -0.2) is 33.8 Å². The Labute approximate surface area is 170 Å². The molecule has 0 saturated heterocycles. The Bertz CT molecular complexity index is 931. The molecule has 29 heavy (non-hydrogen) atoms. The number of nitrogens with zero attached hydrogens (tertiary/aromatic N) is 1. The van der Waals surface area contributed by atoms with Crippen LogP contribution < -0.4 is 24.3 Å². The van der Waals surface area contributed by atoms with Crippen molar-refractivity contribution >= 4 is 12.0 Å². The zero-order chi connectivity index (χ0) is 21.2. The molecule has 152 valence electrons. The van der Waals surface area contributed by atoms with Crippen molar-refractivity contribution in [2.75, 3.05) is 27.9 Å². The van der Waals surface area contributed by atoms with E-state index < -0.39 is 5.91 Å². The number of nitrogens with one attached hydrogen (secondary N) is 1. The number of carbonyl (C=O) groups excluding carboxylic acids is 1. The molecule has 2 aromatic rings. The lowest BCUT2D eigenvalue weighted by Gasteiger charge is -2.11. The summed E-state index contributed by atoms with van der Waals surface area (Å²) >= 11 is 0. The number of nitriles is 1. The van der Waals surface area contributed by atoms with Crippen LogP contribution >= 0.6 is 0 Å². The normalized spacial score (nSPS) is 10.7. The SMILES string of the molecule is CCOc1ccc(/C=C(\C#N)C(=O)NCc2ccc(OC)cc2OC)cc1OC. The lowest BCUT2D eigenvalue weighted by Crippen LogP contribution is -2.24. The first-order valence-corrected chi connectivity index (χ1v) is 8.98. The van der Waals surface area contributed by atoms with Crippen molar-refractivity contribution in [3.05, 3.63) is 53.1 Å². The molecule has 0 unspecified atom stereocenters. The van der Waals surface area contributed by atoms with Gasteiger partial charge in [0.25, 0.3) is 5.91 Å². The standard InChI is InChI=1S/C22H24N2O5/c1-5-29-19-9-6-15(11-21(19)28-4)10-17(13-23)22(25)24-14-16-7-8-18(26-2)12-20(16)27-3/h6-12H,5,14H2,1-4H3,(H,24,25)/b17-10+. The maximum atomic E-state index is 12.5. The van der Waals surface area contributed by atoms with Gasteiger partial charge in [0.05, 0.1) is 27.9 Å². The third kappa shape index (κ3) is 5.66. The van der Waals surface area contributed by atoms with Gasteiger partial charge in [-0.2, -0.15) is 5.26 Å². The molecule has 0 spiro atoms. The predicted octanol–water partition coefficient (Wildman–Crippen LogP) is 3.33. The highest BCUT2D eigenvalue weighted by Crippen LogP contribution is 2.29. The van der Waals surface area contributed by atoms with Crippen molar-refractivity contribution < 1.29 is 23.7 Å². The topological polar surface area (TPSA) is 89.8 Å². The molecule has 0 aliphatic carbocycles. The Morgan fingerprint density at radius 1 is 1.03 bits per heavy atom. The number of hydrogen-bond donors (Lipinski definition) is 1. The van der Waals surface area contributed by atoms with Gasteiger partial charge in [0.1, 0.15) is 23.1 Å². The molecule has 0 heterocycles. The minimum absolute atomic E-state index is 0.0244. The maximum absolute atomic E-state index is 12.5. The monoisotopic (exact) mass is 396 g/mol. The molecule has 0 aliphatic heterocycles. The van der Waals surface area contributed by atoms with Gasteiger partial charge < -0.3 is 24.3 Å². The second kappa shape index (κ2) is 10.6. The molecule has 0 atom stereocenters. The lowest BCUT2D eigenvalue weighted by atomic mass is 10.1. The van der Waals surface area contributed by atoms with E-state index in [0.29, 0.717) is 35.2 Å². The Kier molecular flexibility index (Phi) is 7.92. The van der Waals surface area contributed by atoms with Gasteiger partial charge in [-0.1, -0.05) is 6.07 Å². The summed E-state index contributed by atoms with van der Waals surface area (Å²) in [4.78, 5) is 12.5. The van der Waals surface area contributed by atoms with Crippen LogP contribution in [0.4, 0.5) is 0 Å². The summed E-state index contributed by atoms with van der Waals surface area (Å²) in [5, 5.41) is 12.1. The van der Waals surface area contributed by atoms with Gasteiger partial charge in [-0.05, 0) is 42.8 Å². The average molecular weight is 396 g/mol. The maximum Gasteiger partial charge on any atom is 0.262 e. The molecule has 0 fully saturated rings. The summed E-state index contributed by atoms with van der Waals surface area (Å²) in [6.07, 6.45) is 1.50. The summed E-state index contributed by atoms with van der Waals surface area (Å²) in [7, 11) is 4.64. The minimum Gasteiger partial charge on any atom is -0.497 e. The first-order chi connectivity index (χ1) is 14.1. The first kappa shape index (κ1) is 21.6. The molecule has 0 aliphatic rings. The highest BCUT2D eigenvalue weighted by atomic mass is 16.5. The van der Waals surface area contributed by atoms with E-state index in [1.165, 1.54) is 13.2 Å². The molecule has 0 saturated carbocycles. The van der Waals surface area contributed by atoms with E-state index in [-0.39, 0.29) is 12.1 Å². The summed E-state index contributed by atoms with van der Waals surface area (Å²) < 4.78 is 21.3. The van der Waals surface area contributed by atoms with E-state index in [9.17, 15) is 10.1 Å². The second-order valence-electron chi connectivity index (χ2n) is 5.87. The van der Waals surface area contributed by atoms with E-state index in [1.807, 2.05) is 13.0 Å². The summed E-state index contributed by atoms with van der Waals surface area (Å²) in [5.41, 5.74) is 1.39. The van der Waals surface area contributed by atoms with Gasteiger partial charge in [-0.25, -0.2) is 0 Å². The fraction of sp³-hybridized carbons (Fsp3) is 0.273. The van der Waals surface area contributed by atoms with Gasteiger partial charge in [0.15, 0.2) is 11.5 Å². The Balaban J connectivity index is 2.16. The van der Waals surface area contributed by atoms with Gasteiger partial charge in [0.2, 0.25) is 0 Å². The number of carbonyl (C=O) groups is 1. The number of benzene rings is 2. The number of amides is 1. The third-order valence-electron chi connectivity index (χ3n) is 4.10. The molecular weight excluding hydrogens is 372 g/mol. The zero-order valence-electron chi connectivity index (χ0n) is 16.9. The zero-order valence-corrected chi connectivity index (χ0v) is 16.9. The van der Waals surface area contributed by atoms with Gasteiger partial charge >= 0.3 is 0 Å². The molecule has 2 rings (SSSR count). The molecule has 0 radical (unpaired) electrons. The van der Waals surface area contributed by atoms with Crippen molar-refractivity contribution in [3.8, 4) is 29.1 Å². The third-order valence-corrected chi connectivity index (χ3v) is 4.10. The number of ether oxygens (including phenoxy) is 4. The van der Waals surface area contributed by atoms with Crippen molar-refractivity contribution in [3.63, 3.8) is 0 Å². The van der Waals surface area contributed by atoms with Gasteiger partial charge in [0, 0.05) is 18.2 Å². The second-order valence-corrected chi connectivity index (χ2v) is 5.87. The van der Waals surface area contributed by atoms with Gasteiger partial charge in [-0.3, -0.25) is 4.79 Å². The Hall–Kier alpha value is -3.66. The van der Waals surface area contributed by atoms with Crippen LogP contribution in [0.5, 0.6) is 23.0 Å². The highest BCUT2D eigenvalue weighted by molar-refractivity contribution is 6.01. The molecular formula is C22H24N2O5. The van der Waals surface area contributed by atoms with E-state index in [0.717, 1.165) is 5.56 Å². The van der Waals surface area contributed by atoms with Gasteiger partial charge in [-0.15, -0.1) is 0 Å². The molecule has 7 nitrogen and oxygen atoms in total. The fourth-order valence-corrected chi connectivity index (χ4v) is 2.63. The van der Waals surface area contributed by atoms with Crippen molar-refractivity contribution in [1.29, 1.82) is 5.26 Å². The molecule has 1 N–H and O–H groups in total. The van der Waals surface area contributed by atoms with E-state index in [2.05, 4.69) is 5.32 Å². The Morgan fingerprint density at radius 2 is 1.79 bits per heavy atom. The summed E-state index contributed by atoms with van der Waals surface area (Å²) in [6.45, 7) is 2.59. The van der Waals surface area contributed by atoms with Crippen molar-refractivity contribution in [1.82, 2.24) is 5.32 Å². The van der Waals surface area contributed by atoms with Crippen LogP contribution in [0, 0.1) is 11.3 Å². The van der Waals surface area contributed by atoms with Crippen molar-refractivity contribution in [2.24, 2.45) is 0 Å². The van der Waals surface area contributed by atoms with E-state index >= 15 is 0 Å². The van der Waals surface area contributed by atoms with E-state index in [1.54, 1.807) is 50.6 Å². The highest BCUT2D eigenvalue weighted by Gasteiger charge is 2.12. The Morgan fingerprint density at radius 3 is 2.41 bits per heavy atom. The summed E-state index contributed by atoms with van der Waals surface area (Å²) in [6, 6.07) is 12.4. The molecule has 0 aromatic heterocycles. The molecule has 2 aromatic carbocycles. The van der Waals surface area contributed by atoms with Crippen LogP contribution in [-0.2, 0) is 11.3 Å². The van der Waals surface area contributed by atoms with Crippen molar-refractivity contribution in [2.45, 2.75) is 13.5 Å². The minimum atomic E-state index is -0.488. The smallest absolute Gasteiger partial charge is 0.262 e. The lowest BCUT2D eigenvalue weighted by molar-refractivity contribution is -0.117.